The van der Waals surface area contributed by atoms with Gasteiger partial charge in [-0.25, -0.2) is 0 Å². The van der Waals surface area contributed by atoms with Crippen molar-refractivity contribution in [3.8, 4) is 0 Å². The van der Waals surface area contributed by atoms with Crippen molar-refractivity contribution in [1.82, 2.24) is 10.6 Å². The van der Waals surface area contributed by atoms with E-state index in [2.05, 4.69) is 22.9 Å². The highest BCUT2D eigenvalue weighted by Gasteiger charge is 2.02. The summed E-state index contributed by atoms with van der Waals surface area (Å²) >= 11 is 5.11. The van der Waals surface area contributed by atoms with Gasteiger partial charge in [-0.3, -0.25) is 4.79 Å². The zero-order valence-corrected chi connectivity index (χ0v) is 10.9. The summed E-state index contributed by atoms with van der Waals surface area (Å²) < 4.78 is 0. The molecule has 92 valence electrons. The number of thiocarbonyl (C=S) groups is 1. The first-order chi connectivity index (χ1) is 8.17. The lowest BCUT2D eigenvalue weighted by atomic mass is 10.2. The van der Waals surface area contributed by atoms with E-state index in [1.807, 2.05) is 12.1 Å². The molecule has 3 N–H and O–H groups in total. The van der Waals surface area contributed by atoms with Crippen LogP contribution in [-0.2, 0) is 0 Å². The van der Waals surface area contributed by atoms with Crippen LogP contribution in [-0.4, -0.2) is 24.6 Å². The first-order valence-electron chi connectivity index (χ1n) is 5.54. The Labute approximate surface area is 107 Å². The SMILES string of the molecule is CCCNC(=S)Nc1ccc(C(=O)NC)cc1. The third kappa shape index (κ3) is 4.40. The summed E-state index contributed by atoms with van der Waals surface area (Å²) in [6, 6.07) is 7.15. The molecule has 0 aliphatic carbocycles. The largest absolute Gasteiger partial charge is 0.362 e. The number of nitrogens with one attached hydrogen (secondary N) is 3. The van der Waals surface area contributed by atoms with Gasteiger partial charge in [0.1, 0.15) is 0 Å². The molecule has 1 aromatic rings. The number of amides is 1. The van der Waals surface area contributed by atoms with Crippen LogP contribution in [0.25, 0.3) is 0 Å². The summed E-state index contributed by atoms with van der Waals surface area (Å²) in [4.78, 5) is 11.3. The van der Waals surface area contributed by atoms with E-state index in [1.165, 1.54) is 0 Å². The van der Waals surface area contributed by atoms with E-state index in [-0.39, 0.29) is 5.91 Å². The number of anilines is 1. The van der Waals surface area contributed by atoms with Crippen molar-refractivity contribution >= 4 is 28.9 Å². The predicted molar refractivity (Wildman–Crippen MR) is 74.3 cm³/mol. The van der Waals surface area contributed by atoms with Crippen LogP contribution in [0.3, 0.4) is 0 Å². The zero-order chi connectivity index (χ0) is 12.7. The maximum Gasteiger partial charge on any atom is 0.251 e. The number of hydrogen-bond acceptors (Lipinski definition) is 2. The summed E-state index contributed by atoms with van der Waals surface area (Å²) in [5, 5.41) is 9.29. The molecule has 0 heterocycles. The van der Waals surface area contributed by atoms with E-state index in [0.717, 1.165) is 18.7 Å². The van der Waals surface area contributed by atoms with Gasteiger partial charge in [-0.15, -0.1) is 0 Å². The van der Waals surface area contributed by atoms with E-state index in [0.29, 0.717) is 10.7 Å². The van der Waals surface area contributed by atoms with Crippen LogP contribution < -0.4 is 16.0 Å². The summed E-state index contributed by atoms with van der Waals surface area (Å²) in [6.07, 6.45) is 1.03. The lowest BCUT2D eigenvalue weighted by molar-refractivity contribution is 0.0963. The first-order valence-corrected chi connectivity index (χ1v) is 5.95. The standard InChI is InChI=1S/C12H17N3OS/c1-3-8-14-12(17)15-10-6-4-9(5-7-10)11(16)13-2/h4-7H,3,8H2,1-2H3,(H,13,16)(H2,14,15,17). The molecule has 4 nitrogen and oxygen atoms in total. The number of hydrogen-bond donors (Lipinski definition) is 3. The maximum atomic E-state index is 11.3. The quantitative estimate of drug-likeness (QED) is 0.714. The number of carbonyl (C=O) groups is 1. The topological polar surface area (TPSA) is 53.2 Å². The normalized spacial score (nSPS) is 9.53. The van der Waals surface area contributed by atoms with Gasteiger partial charge in [0.25, 0.3) is 5.91 Å². The van der Waals surface area contributed by atoms with Crippen LogP contribution in [0, 0.1) is 0 Å². The van der Waals surface area contributed by atoms with E-state index >= 15 is 0 Å². The minimum Gasteiger partial charge on any atom is -0.362 e. The Bertz CT molecular complexity index is 389. The molecule has 0 saturated heterocycles. The molecule has 0 radical (unpaired) electrons. The second-order valence-corrected chi connectivity index (χ2v) is 3.95. The smallest absolute Gasteiger partial charge is 0.251 e. The van der Waals surface area contributed by atoms with Crippen LogP contribution in [0.15, 0.2) is 24.3 Å². The fraction of sp³-hybridized carbons (Fsp3) is 0.333. The summed E-state index contributed by atoms with van der Waals surface area (Å²) in [5.74, 6) is -0.0942. The van der Waals surface area contributed by atoms with Gasteiger partial charge >= 0.3 is 0 Å². The maximum absolute atomic E-state index is 11.3. The molecule has 0 bridgehead atoms. The molecule has 0 spiro atoms. The highest BCUT2D eigenvalue weighted by Crippen LogP contribution is 2.09. The van der Waals surface area contributed by atoms with Crippen molar-refractivity contribution in [3.05, 3.63) is 29.8 Å². The molecule has 0 aromatic heterocycles. The molecule has 0 saturated carbocycles. The lowest BCUT2D eigenvalue weighted by Crippen LogP contribution is -2.28. The van der Waals surface area contributed by atoms with Crippen molar-refractivity contribution in [2.75, 3.05) is 18.9 Å². The Morgan fingerprint density at radius 3 is 2.47 bits per heavy atom. The molecule has 17 heavy (non-hydrogen) atoms. The second kappa shape index (κ2) is 6.85. The number of carbonyl (C=O) groups excluding carboxylic acids is 1. The Morgan fingerprint density at radius 2 is 1.94 bits per heavy atom. The average Bonchev–Trinajstić information content (AvgIpc) is 2.36. The fourth-order valence-electron chi connectivity index (χ4n) is 1.26. The molecule has 0 unspecified atom stereocenters. The van der Waals surface area contributed by atoms with Crippen molar-refractivity contribution in [2.24, 2.45) is 0 Å². The minimum atomic E-state index is -0.0942. The third-order valence-electron chi connectivity index (χ3n) is 2.17. The highest BCUT2D eigenvalue weighted by atomic mass is 32.1. The summed E-state index contributed by atoms with van der Waals surface area (Å²) in [5.41, 5.74) is 1.50. The molecule has 1 aromatic carbocycles. The van der Waals surface area contributed by atoms with Crippen molar-refractivity contribution in [1.29, 1.82) is 0 Å². The van der Waals surface area contributed by atoms with E-state index in [9.17, 15) is 4.79 Å². The summed E-state index contributed by atoms with van der Waals surface area (Å²) in [6.45, 7) is 2.93. The molecule has 0 atom stereocenters. The summed E-state index contributed by atoms with van der Waals surface area (Å²) in [7, 11) is 1.61. The van der Waals surface area contributed by atoms with Gasteiger partial charge in [-0.2, -0.15) is 0 Å². The predicted octanol–water partition coefficient (Wildman–Crippen LogP) is 1.74. The van der Waals surface area contributed by atoms with Crippen LogP contribution >= 0.6 is 12.2 Å². The first kappa shape index (κ1) is 13.4. The van der Waals surface area contributed by atoms with Crippen molar-refractivity contribution in [2.45, 2.75) is 13.3 Å². The molecule has 5 heteroatoms. The van der Waals surface area contributed by atoms with Gasteiger partial charge < -0.3 is 16.0 Å². The van der Waals surface area contributed by atoms with Crippen LogP contribution in [0.2, 0.25) is 0 Å². The Kier molecular flexibility index (Phi) is 5.42. The van der Waals surface area contributed by atoms with Crippen molar-refractivity contribution < 1.29 is 4.79 Å². The van der Waals surface area contributed by atoms with Gasteiger partial charge in [0.05, 0.1) is 0 Å². The molecule has 0 fully saturated rings. The van der Waals surface area contributed by atoms with Gasteiger partial charge in [0, 0.05) is 24.8 Å². The Balaban J connectivity index is 2.56. The molecule has 1 rings (SSSR count). The number of benzene rings is 1. The lowest BCUT2D eigenvalue weighted by Gasteiger charge is -2.09. The van der Waals surface area contributed by atoms with Crippen LogP contribution in [0.4, 0.5) is 5.69 Å². The fourth-order valence-corrected chi connectivity index (χ4v) is 1.48. The highest BCUT2D eigenvalue weighted by molar-refractivity contribution is 7.80. The molecule has 1 amide bonds. The molecule has 0 aliphatic heterocycles. The number of rotatable bonds is 4. The van der Waals surface area contributed by atoms with Gasteiger partial charge in [-0.05, 0) is 42.9 Å². The van der Waals surface area contributed by atoms with Gasteiger partial charge in [-0.1, -0.05) is 6.92 Å². The van der Waals surface area contributed by atoms with Gasteiger partial charge in [0.2, 0.25) is 0 Å². The molecular weight excluding hydrogens is 234 g/mol. The molecule has 0 aliphatic rings. The minimum absolute atomic E-state index is 0.0942. The van der Waals surface area contributed by atoms with Crippen molar-refractivity contribution in [3.63, 3.8) is 0 Å². The Hall–Kier alpha value is -1.62. The van der Waals surface area contributed by atoms with E-state index in [1.54, 1.807) is 19.2 Å². The molecular formula is C12H17N3OS. The van der Waals surface area contributed by atoms with E-state index < -0.39 is 0 Å². The average molecular weight is 251 g/mol. The van der Waals surface area contributed by atoms with Gasteiger partial charge in [0.15, 0.2) is 5.11 Å². The zero-order valence-electron chi connectivity index (χ0n) is 10.0. The monoisotopic (exact) mass is 251 g/mol. The van der Waals surface area contributed by atoms with E-state index in [4.69, 9.17) is 12.2 Å². The Morgan fingerprint density at radius 1 is 1.29 bits per heavy atom. The third-order valence-corrected chi connectivity index (χ3v) is 2.41. The second-order valence-electron chi connectivity index (χ2n) is 3.54. The van der Waals surface area contributed by atoms with Crippen LogP contribution in [0.1, 0.15) is 23.7 Å². The van der Waals surface area contributed by atoms with Crippen LogP contribution in [0.5, 0.6) is 0 Å².